The number of carbonyl (C=O) groups is 1. The molecule has 0 fully saturated rings. The molecule has 16 heavy (non-hydrogen) atoms. The lowest BCUT2D eigenvalue weighted by Crippen LogP contribution is -1.90. The number of aryl methyl sites for hydroxylation is 1. The van der Waals surface area contributed by atoms with Crippen molar-refractivity contribution >= 4 is 17.6 Å². The molecular formula is C13H12O2S. The minimum Gasteiger partial charge on any atom is -0.507 e. The Bertz CT molecular complexity index is 501. The number of hydrogen-bond donors (Lipinski definition) is 1. The maximum Gasteiger partial charge on any atom is 0.153 e. The minimum atomic E-state index is 0.108. The normalized spacial score (nSPS) is 10.3. The molecule has 0 spiro atoms. The lowest BCUT2D eigenvalue weighted by molar-refractivity contribution is 0.112. The average Bonchev–Trinajstić information content (AvgIpc) is 2.83. The van der Waals surface area contributed by atoms with Gasteiger partial charge in [0.15, 0.2) is 6.29 Å². The molecule has 0 radical (unpaired) electrons. The molecule has 1 N–H and O–H groups in total. The van der Waals surface area contributed by atoms with Crippen molar-refractivity contribution in [2.75, 3.05) is 0 Å². The van der Waals surface area contributed by atoms with Crippen LogP contribution in [0.25, 0.3) is 11.1 Å². The number of aromatic hydroxyl groups is 1. The number of benzene rings is 1. The van der Waals surface area contributed by atoms with Crippen molar-refractivity contribution in [2.45, 2.75) is 13.3 Å². The first kappa shape index (κ1) is 10.9. The standard InChI is InChI=1S/C13H12O2S/c1-2-9-5-11(10-3-4-16-8-10)6-12(7-14)13(9)15/h3-8,15H,2H2,1H3. The zero-order valence-corrected chi connectivity index (χ0v) is 9.75. The van der Waals surface area contributed by atoms with Crippen molar-refractivity contribution in [1.82, 2.24) is 0 Å². The third kappa shape index (κ3) is 1.86. The van der Waals surface area contributed by atoms with Gasteiger partial charge in [0.1, 0.15) is 5.75 Å². The summed E-state index contributed by atoms with van der Waals surface area (Å²) >= 11 is 1.61. The largest absolute Gasteiger partial charge is 0.507 e. The Kier molecular flexibility index (Phi) is 3.06. The van der Waals surface area contributed by atoms with Gasteiger partial charge in [0.05, 0.1) is 5.56 Å². The highest BCUT2D eigenvalue weighted by molar-refractivity contribution is 7.08. The van der Waals surface area contributed by atoms with Crippen molar-refractivity contribution in [3.05, 3.63) is 40.1 Å². The monoisotopic (exact) mass is 232 g/mol. The SMILES string of the molecule is CCc1cc(-c2ccsc2)cc(C=O)c1O. The van der Waals surface area contributed by atoms with E-state index < -0.39 is 0 Å². The number of phenolic OH excluding ortho intramolecular Hbond substituents is 1. The third-order valence-corrected chi connectivity index (χ3v) is 3.26. The second-order valence-corrected chi connectivity index (χ2v) is 4.34. The van der Waals surface area contributed by atoms with E-state index in [-0.39, 0.29) is 5.75 Å². The highest BCUT2D eigenvalue weighted by Crippen LogP contribution is 2.30. The number of phenols is 1. The fourth-order valence-corrected chi connectivity index (χ4v) is 2.34. The van der Waals surface area contributed by atoms with Crippen LogP contribution in [0.15, 0.2) is 29.0 Å². The van der Waals surface area contributed by atoms with E-state index in [0.29, 0.717) is 18.3 Å². The van der Waals surface area contributed by atoms with E-state index in [1.807, 2.05) is 29.8 Å². The van der Waals surface area contributed by atoms with Gasteiger partial charge in [0.25, 0.3) is 0 Å². The van der Waals surface area contributed by atoms with Crippen molar-refractivity contribution in [2.24, 2.45) is 0 Å². The van der Waals surface area contributed by atoms with Crippen LogP contribution in [0, 0.1) is 0 Å². The van der Waals surface area contributed by atoms with Crippen LogP contribution >= 0.6 is 11.3 Å². The first-order valence-electron chi connectivity index (χ1n) is 5.10. The fourth-order valence-electron chi connectivity index (χ4n) is 1.67. The second kappa shape index (κ2) is 4.49. The molecule has 0 aliphatic heterocycles. The zero-order chi connectivity index (χ0) is 11.5. The molecule has 0 aliphatic carbocycles. The summed E-state index contributed by atoms with van der Waals surface area (Å²) in [4.78, 5) is 10.9. The molecule has 2 nitrogen and oxygen atoms in total. The van der Waals surface area contributed by atoms with Crippen molar-refractivity contribution in [3.63, 3.8) is 0 Å². The molecule has 0 aliphatic rings. The lowest BCUT2D eigenvalue weighted by Gasteiger charge is -2.07. The van der Waals surface area contributed by atoms with Gasteiger partial charge in [-0.25, -0.2) is 0 Å². The molecule has 2 aromatic rings. The molecule has 0 atom stereocenters. The molecule has 0 bridgehead atoms. The zero-order valence-electron chi connectivity index (χ0n) is 8.93. The van der Waals surface area contributed by atoms with Gasteiger partial charge in [-0.05, 0) is 52.1 Å². The van der Waals surface area contributed by atoms with Crippen LogP contribution in [0.4, 0.5) is 0 Å². The van der Waals surface area contributed by atoms with E-state index in [4.69, 9.17) is 0 Å². The highest BCUT2D eigenvalue weighted by Gasteiger charge is 2.09. The van der Waals surface area contributed by atoms with Gasteiger partial charge >= 0.3 is 0 Å². The van der Waals surface area contributed by atoms with Gasteiger partial charge in [-0.1, -0.05) is 6.92 Å². The van der Waals surface area contributed by atoms with Crippen LogP contribution in [0.3, 0.4) is 0 Å². The van der Waals surface area contributed by atoms with Gasteiger partial charge in [-0.3, -0.25) is 4.79 Å². The Balaban J connectivity index is 2.60. The molecule has 82 valence electrons. The van der Waals surface area contributed by atoms with E-state index >= 15 is 0 Å². The third-order valence-electron chi connectivity index (χ3n) is 2.58. The van der Waals surface area contributed by atoms with E-state index in [1.165, 1.54) is 0 Å². The summed E-state index contributed by atoms with van der Waals surface area (Å²) in [6, 6.07) is 5.67. The van der Waals surface area contributed by atoms with Gasteiger partial charge in [0, 0.05) is 0 Å². The Morgan fingerprint density at radius 3 is 2.75 bits per heavy atom. The predicted molar refractivity (Wildman–Crippen MR) is 66.2 cm³/mol. The van der Waals surface area contributed by atoms with Crippen LogP contribution in [0.5, 0.6) is 5.75 Å². The summed E-state index contributed by atoms with van der Waals surface area (Å²) in [6.45, 7) is 1.96. The molecule has 0 saturated heterocycles. The van der Waals surface area contributed by atoms with Crippen molar-refractivity contribution in [1.29, 1.82) is 0 Å². The maximum atomic E-state index is 10.9. The molecule has 3 heteroatoms. The summed E-state index contributed by atoms with van der Waals surface area (Å²) in [6.07, 6.45) is 1.41. The minimum absolute atomic E-state index is 0.108. The van der Waals surface area contributed by atoms with E-state index in [9.17, 15) is 9.90 Å². The molecule has 1 heterocycles. The average molecular weight is 232 g/mol. The summed E-state index contributed by atoms with van der Waals surface area (Å²) < 4.78 is 0. The van der Waals surface area contributed by atoms with Crippen LogP contribution in [-0.2, 0) is 6.42 Å². The summed E-state index contributed by atoms with van der Waals surface area (Å²) in [5, 5.41) is 13.8. The molecule has 0 amide bonds. The lowest BCUT2D eigenvalue weighted by atomic mass is 9.99. The maximum absolute atomic E-state index is 10.9. The predicted octanol–water partition coefficient (Wildman–Crippen LogP) is 3.50. The Morgan fingerprint density at radius 1 is 1.38 bits per heavy atom. The van der Waals surface area contributed by atoms with Crippen LogP contribution in [0.2, 0.25) is 0 Å². The van der Waals surface area contributed by atoms with E-state index in [0.717, 1.165) is 16.7 Å². The second-order valence-electron chi connectivity index (χ2n) is 3.56. The van der Waals surface area contributed by atoms with Crippen LogP contribution < -0.4 is 0 Å². The topological polar surface area (TPSA) is 37.3 Å². The number of rotatable bonds is 3. The molecule has 1 aromatic carbocycles. The van der Waals surface area contributed by atoms with Crippen molar-refractivity contribution < 1.29 is 9.90 Å². The first-order chi connectivity index (χ1) is 7.76. The van der Waals surface area contributed by atoms with Crippen LogP contribution in [-0.4, -0.2) is 11.4 Å². The number of aldehydes is 1. The Labute approximate surface area is 98.2 Å². The van der Waals surface area contributed by atoms with Crippen LogP contribution in [0.1, 0.15) is 22.8 Å². The molecular weight excluding hydrogens is 220 g/mol. The number of thiophene rings is 1. The molecule has 0 saturated carbocycles. The van der Waals surface area contributed by atoms with E-state index in [1.54, 1.807) is 17.4 Å². The Hall–Kier alpha value is -1.61. The number of carbonyl (C=O) groups excluding carboxylic acids is 1. The van der Waals surface area contributed by atoms with Gasteiger partial charge < -0.3 is 5.11 Å². The van der Waals surface area contributed by atoms with Gasteiger partial charge in [0.2, 0.25) is 0 Å². The summed E-state index contributed by atoms with van der Waals surface area (Å²) in [5.74, 6) is 0.108. The van der Waals surface area contributed by atoms with E-state index in [2.05, 4.69) is 0 Å². The molecule has 1 aromatic heterocycles. The van der Waals surface area contributed by atoms with Gasteiger partial charge in [-0.15, -0.1) is 0 Å². The Morgan fingerprint density at radius 2 is 2.19 bits per heavy atom. The van der Waals surface area contributed by atoms with Crippen molar-refractivity contribution in [3.8, 4) is 16.9 Å². The molecule has 0 unspecified atom stereocenters. The highest BCUT2D eigenvalue weighted by atomic mass is 32.1. The van der Waals surface area contributed by atoms with Gasteiger partial charge in [-0.2, -0.15) is 11.3 Å². The quantitative estimate of drug-likeness (QED) is 0.822. The first-order valence-corrected chi connectivity index (χ1v) is 6.04. The fraction of sp³-hybridized carbons (Fsp3) is 0.154. The molecule has 2 rings (SSSR count). The summed E-state index contributed by atoms with van der Waals surface area (Å²) in [5.41, 5.74) is 3.24. The number of hydrogen-bond acceptors (Lipinski definition) is 3. The smallest absolute Gasteiger partial charge is 0.153 e. The summed E-state index contributed by atoms with van der Waals surface area (Å²) in [7, 11) is 0.